The number of para-hydroxylation sites is 1. The van der Waals surface area contributed by atoms with Crippen LogP contribution in [-0.2, 0) is 14.3 Å². The maximum atomic E-state index is 15.1. The first kappa shape index (κ1) is 25.7. The molecule has 1 heterocycles. The molecule has 194 valence electrons. The largest absolute Gasteiger partial charge is 0.490 e. The Bertz CT molecular complexity index is 1420. The zero-order valence-electron chi connectivity index (χ0n) is 20.9. The Labute approximate surface area is 225 Å². The Hall–Kier alpha value is -3.90. The van der Waals surface area contributed by atoms with Crippen molar-refractivity contribution >= 4 is 23.4 Å². The summed E-state index contributed by atoms with van der Waals surface area (Å²) >= 11 is 6.05. The smallest absolute Gasteiger partial charge is 0.336 e. The molecule has 0 bridgehead atoms. The lowest BCUT2D eigenvalue weighted by molar-refractivity contribution is -0.140. The zero-order chi connectivity index (χ0) is 26.6. The van der Waals surface area contributed by atoms with E-state index >= 15 is 4.39 Å². The van der Waals surface area contributed by atoms with E-state index in [4.69, 9.17) is 21.1 Å². The van der Waals surface area contributed by atoms with E-state index in [1.807, 2.05) is 54.6 Å². The van der Waals surface area contributed by atoms with Crippen molar-refractivity contribution in [2.75, 3.05) is 13.2 Å². The van der Waals surface area contributed by atoms with Gasteiger partial charge in [-0.2, -0.15) is 0 Å². The summed E-state index contributed by atoms with van der Waals surface area (Å²) in [6.45, 7) is 1.92. The van der Waals surface area contributed by atoms with Crippen LogP contribution >= 0.6 is 11.6 Å². The van der Waals surface area contributed by atoms with Gasteiger partial charge in [-0.3, -0.25) is 4.79 Å². The van der Waals surface area contributed by atoms with Crippen LogP contribution in [0.5, 0.6) is 5.75 Å². The number of carbonyl (C=O) groups is 2. The lowest BCUT2D eigenvalue weighted by Crippen LogP contribution is -2.36. The molecule has 0 fully saturated rings. The fourth-order valence-electron chi connectivity index (χ4n) is 5.19. The van der Waals surface area contributed by atoms with E-state index in [0.29, 0.717) is 34.2 Å². The van der Waals surface area contributed by atoms with Crippen LogP contribution in [0, 0.1) is 5.82 Å². The Kier molecular flexibility index (Phi) is 7.61. The van der Waals surface area contributed by atoms with Gasteiger partial charge >= 0.3 is 5.97 Å². The average Bonchev–Trinajstić information content (AvgIpc) is 2.91. The van der Waals surface area contributed by atoms with E-state index in [0.717, 1.165) is 5.56 Å². The number of dihydropyridines is 1. The second-order valence-corrected chi connectivity index (χ2v) is 9.82. The highest BCUT2D eigenvalue weighted by Crippen LogP contribution is 2.46. The number of Topliss-reactive ketones (excluding diaryl/α,β-unsaturated/α-hetero) is 1. The molecule has 3 aromatic carbocycles. The van der Waals surface area contributed by atoms with Crippen LogP contribution in [0.25, 0.3) is 0 Å². The van der Waals surface area contributed by atoms with Crippen LogP contribution in [0.2, 0.25) is 5.02 Å². The van der Waals surface area contributed by atoms with Gasteiger partial charge in [-0.1, -0.05) is 60.1 Å². The molecule has 1 N–H and O–H groups in total. The molecule has 0 spiro atoms. The molecule has 3 aromatic rings. The molecule has 5 nitrogen and oxygen atoms in total. The molecule has 0 saturated carbocycles. The molecule has 0 aromatic heterocycles. The molecule has 0 radical (unpaired) electrons. The standard InChI is InChI=1S/C31H27ClFNO4/c1-19-28(31(36)38-16-15-37-23-7-3-2-4-8-23)29(24-9-5-6-10-25(24)33)30-26(34-19)17-21(18-27(30)35)20-11-13-22(32)14-12-20/h2-14,21,29,34H,15-18H2,1H3/t21-,29-/m1/s1. The summed E-state index contributed by atoms with van der Waals surface area (Å²) in [5, 5.41) is 3.91. The highest BCUT2D eigenvalue weighted by molar-refractivity contribution is 6.30. The first-order chi connectivity index (χ1) is 18.4. The van der Waals surface area contributed by atoms with Crippen LogP contribution in [0.1, 0.15) is 42.7 Å². The summed E-state index contributed by atoms with van der Waals surface area (Å²) in [6, 6.07) is 22.9. The Morgan fingerprint density at radius 1 is 0.974 bits per heavy atom. The van der Waals surface area contributed by atoms with Gasteiger partial charge in [0.05, 0.1) is 11.5 Å². The number of esters is 1. The molecule has 2 atom stereocenters. The van der Waals surface area contributed by atoms with E-state index in [1.54, 1.807) is 25.1 Å². The Balaban J connectivity index is 1.42. The predicted octanol–water partition coefficient (Wildman–Crippen LogP) is 6.46. The second kappa shape index (κ2) is 11.2. The maximum absolute atomic E-state index is 15.1. The number of carbonyl (C=O) groups excluding carboxylic acids is 2. The maximum Gasteiger partial charge on any atom is 0.336 e. The second-order valence-electron chi connectivity index (χ2n) is 9.39. The van der Waals surface area contributed by atoms with Gasteiger partial charge in [0.25, 0.3) is 0 Å². The molecular formula is C31H27ClFNO4. The fourth-order valence-corrected chi connectivity index (χ4v) is 5.31. The lowest BCUT2D eigenvalue weighted by Gasteiger charge is -2.36. The van der Waals surface area contributed by atoms with Crippen LogP contribution < -0.4 is 10.1 Å². The number of ketones is 1. The van der Waals surface area contributed by atoms with Crippen molar-refractivity contribution in [1.82, 2.24) is 5.32 Å². The predicted molar refractivity (Wildman–Crippen MR) is 143 cm³/mol. The van der Waals surface area contributed by atoms with Crippen molar-refractivity contribution in [3.05, 3.63) is 123 Å². The van der Waals surface area contributed by atoms with E-state index < -0.39 is 17.7 Å². The highest BCUT2D eigenvalue weighted by atomic mass is 35.5. The number of nitrogens with one attached hydrogen (secondary N) is 1. The quantitative estimate of drug-likeness (QED) is 0.280. The van der Waals surface area contributed by atoms with Gasteiger partial charge in [-0.25, -0.2) is 9.18 Å². The van der Waals surface area contributed by atoms with Gasteiger partial charge < -0.3 is 14.8 Å². The fraction of sp³-hybridized carbons (Fsp3) is 0.226. The number of halogens is 2. The average molecular weight is 532 g/mol. The monoisotopic (exact) mass is 531 g/mol. The normalized spacial score (nSPS) is 19.1. The third-order valence-electron chi connectivity index (χ3n) is 6.93. The summed E-state index contributed by atoms with van der Waals surface area (Å²) in [5.74, 6) is -1.47. The van der Waals surface area contributed by atoms with Crippen molar-refractivity contribution in [2.45, 2.75) is 31.6 Å². The zero-order valence-corrected chi connectivity index (χ0v) is 21.6. The number of hydrogen-bond acceptors (Lipinski definition) is 5. The minimum Gasteiger partial charge on any atom is -0.490 e. The summed E-state index contributed by atoms with van der Waals surface area (Å²) in [7, 11) is 0. The summed E-state index contributed by atoms with van der Waals surface area (Å²) in [4.78, 5) is 27.0. The topological polar surface area (TPSA) is 64.6 Å². The Morgan fingerprint density at radius 2 is 1.68 bits per heavy atom. The third-order valence-corrected chi connectivity index (χ3v) is 7.19. The van der Waals surface area contributed by atoms with Crippen LogP contribution in [0.3, 0.4) is 0 Å². The van der Waals surface area contributed by atoms with Gasteiger partial charge in [0, 0.05) is 34.0 Å². The van der Waals surface area contributed by atoms with E-state index in [1.165, 1.54) is 6.07 Å². The van der Waals surface area contributed by atoms with Crippen molar-refractivity contribution in [3.63, 3.8) is 0 Å². The summed E-state index contributed by atoms with van der Waals surface area (Å²) in [6.07, 6.45) is 0.803. The Morgan fingerprint density at radius 3 is 2.42 bits per heavy atom. The van der Waals surface area contributed by atoms with Crippen molar-refractivity contribution in [1.29, 1.82) is 0 Å². The van der Waals surface area contributed by atoms with Gasteiger partial charge in [0.2, 0.25) is 0 Å². The first-order valence-electron chi connectivity index (χ1n) is 12.5. The van der Waals surface area contributed by atoms with Crippen LogP contribution in [0.4, 0.5) is 4.39 Å². The van der Waals surface area contributed by atoms with Gasteiger partial charge in [-0.05, 0) is 55.2 Å². The van der Waals surface area contributed by atoms with Crippen LogP contribution in [-0.4, -0.2) is 25.0 Å². The van der Waals surface area contributed by atoms with Gasteiger partial charge in [0.15, 0.2) is 5.78 Å². The molecule has 0 amide bonds. The van der Waals surface area contributed by atoms with Gasteiger partial charge in [0.1, 0.15) is 24.8 Å². The van der Waals surface area contributed by atoms with E-state index in [2.05, 4.69) is 5.32 Å². The van der Waals surface area contributed by atoms with Gasteiger partial charge in [-0.15, -0.1) is 0 Å². The van der Waals surface area contributed by atoms with E-state index in [9.17, 15) is 9.59 Å². The first-order valence-corrected chi connectivity index (χ1v) is 12.9. The molecule has 1 aliphatic carbocycles. The number of ether oxygens (including phenoxy) is 2. The SMILES string of the molecule is CC1=C(C(=O)OCCOc2ccccc2)[C@@H](c2ccccc2F)C2=C(C[C@@H](c3ccc(Cl)cc3)CC2=O)N1. The number of hydrogen-bond donors (Lipinski definition) is 1. The number of allylic oxidation sites excluding steroid dienone is 3. The minimum absolute atomic E-state index is 0.00694. The molecule has 2 aliphatic rings. The van der Waals surface area contributed by atoms with Crippen molar-refractivity contribution < 1.29 is 23.5 Å². The summed E-state index contributed by atoms with van der Waals surface area (Å²) < 4.78 is 26.3. The molecule has 7 heteroatoms. The number of rotatable bonds is 7. The molecule has 38 heavy (non-hydrogen) atoms. The summed E-state index contributed by atoms with van der Waals surface area (Å²) in [5.41, 5.74) is 3.16. The lowest BCUT2D eigenvalue weighted by atomic mass is 9.71. The molecule has 0 unspecified atom stereocenters. The van der Waals surface area contributed by atoms with Crippen molar-refractivity contribution in [3.8, 4) is 5.75 Å². The molecular weight excluding hydrogens is 505 g/mol. The van der Waals surface area contributed by atoms with E-state index in [-0.39, 0.29) is 42.5 Å². The third kappa shape index (κ3) is 5.36. The molecule has 0 saturated heterocycles. The highest BCUT2D eigenvalue weighted by Gasteiger charge is 2.42. The molecule has 5 rings (SSSR count). The minimum atomic E-state index is -0.867. The molecule has 1 aliphatic heterocycles. The van der Waals surface area contributed by atoms with Crippen molar-refractivity contribution in [2.24, 2.45) is 0 Å². The van der Waals surface area contributed by atoms with Crippen LogP contribution in [0.15, 0.2) is 101 Å². The number of benzene rings is 3.